The molecule has 0 fully saturated rings. The summed E-state index contributed by atoms with van der Waals surface area (Å²) >= 11 is 5.64. The van der Waals surface area contributed by atoms with Crippen molar-refractivity contribution in [2.24, 2.45) is 0 Å². The molecule has 3 nitrogen and oxygen atoms in total. The first-order valence-corrected chi connectivity index (χ1v) is 5.98. The Morgan fingerprint density at radius 2 is 2.16 bits per heavy atom. The highest BCUT2D eigenvalue weighted by atomic mass is 35.5. The van der Waals surface area contributed by atoms with Crippen molar-refractivity contribution in [1.29, 1.82) is 0 Å². The van der Waals surface area contributed by atoms with E-state index in [2.05, 4.69) is 4.98 Å². The van der Waals surface area contributed by atoms with Crippen molar-refractivity contribution in [1.82, 2.24) is 4.98 Å². The van der Waals surface area contributed by atoms with Crippen LogP contribution in [0, 0.1) is 12.7 Å². The number of carbonyl (C=O) groups excluding carboxylic acids is 1. The van der Waals surface area contributed by atoms with Crippen LogP contribution in [0.1, 0.15) is 21.5 Å². The molecule has 0 aliphatic carbocycles. The van der Waals surface area contributed by atoms with Gasteiger partial charge >= 0.3 is 5.97 Å². The predicted molar refractivity (Wildman–Crippen MR) is 69.5 cm³/mol. The van der Waals surface area contributed by atoms with Gasteiger partial charge in [-0.2, -0.15) is 0 Å². The highest BCUT2D eigenvalue weighted by molar-refractivity contribution is 6.29. The molecule has 1 aromatic carbocycles. The molecule has 1 heterocycles. The van der Waals surface area contributed by atoms with Crippen molar-refractivity contribution in [3.05, 3.63) is 64.2 Å². The monoisotopic (exact) mass is 279 g/mol. The lowest BCUT2D eigenvalue weighted by Gasteiger charge is -2.05. The van der Waals surface area contributed by atoms with Crippen LogP contribution in [0.5, 0.6) is 0 Å². The number of hydrogen-bond acceptors (Lipinski definition) is 3. The first-order chi connectivity index (χ1) is 9.06. The summed E-state index contributed by atoms with van der Waals surface area (Å²) in [5, 5.41) is 0.371. The fraction of sp³-hybridized carbons (Fsp3) is 0.143. The molecule has 0 saturated heterocycles. The first kappa shape index (κ1) is 13.5. The zero-order valence-electron chi connectivity index (χ0n) is 10.2. The quantitative estimate of drug-likeness (QED) is 0.637. The van der Waals surface area contributed by atoms with Gasteiger partial charge in [-0.05, 0) is 30.7 Å². The Morgan fingerprint density at radius 3 is 2.79 bits per heavy atom. The van der Waals surface area contributed by atoms with Crippen LogP contribution in [-0.2, 0) is 11.3 Å². The van der Waals surface area contributed by atoms with Gasteiger partial charge in [-0.1, -0.05) is 23.7 Å². The number of carbonyl (C=O) groups is 1. The van der Waals surface area contributed by atoms with E-state index in [1.807, 2.05) is 0 Å². The average Bonchev–Trinajstić information content (AvgIpc) is 2.41. The molecule has 0 amide bonds. The van der Waals surface area contributed by atoms with Crippen LogP contribution >= 0.6 is 11.6 Å². The molecule has 19 heavy (non-hydrogen) atoms. The van der Waals surface area contributed by atoms with Gasteiger partial charge in [0.1, 0.15) is 17.6 Å². The first-order valence-electron chi connectivity index (χ1n) is 5.60. The van der Waals surface area contributed by atoms with Crippen LogP contribution in [0.2, 0.25) is 5.15 Å². The Kier molecular flexibility index (Phi) is 4.12. The Balaban J connectivity index is 2.01. The molecule has 0 atom stereocenters. The fourth-order valence-corrected chi connectivity index (χ4v) is 1.56. The summed E-state index contributed by atoms with van der Waals surface area (Å²) in [6, 6.07) is 7.54. The molecule has 0 N–H and O–H groups in total. The van der Waals surface area contributed by atoms with E-state index < -0.39 is 11.8 Å². The second-order valence-corrected chi connectivity index (χ2v) is 4.42. The van der Waals surface area contributed by atoms with E-state index in [1.165, 1.54) is 18.3 Å². The normalized spacial score (nSPS) is 10.3. The van der Waals surface area contributed by atoms with E-state index >= 15 is 0 Å². The summed E-state index contributed by atoms with van der Waals surface area (Å²) in [5.41, 5.74) is 1.38. The lowest BCUT2D eigenvalue weighted by atomic mass is 10.1. The second-order valence-electron chi connectivity index (χ2n) is 4.03. The standard InChI is InChI=1S/C14H11ClFNO2/c1-9-2-4-11(6-12(9)16)14(18)19-8-10-3-5-13(15)17-7-10/h2-7H,8H2,1H3. The molecule has 0 aliphatic rings. The van der Waals surface area contributed by atoms with Gasteiger partial charge in [0, 0.05) is 11.8 Å². The maximum atomic E-state index is 13.3. The highest BCUT2D eigenvalue weighted by Gasteiger charge is 2.09. The molecule has 0 spiro atoms. The van der Waals surface area contributed by atoms with Crippen molar-refractivity contribution >= 4 is 17.6 Å². The smallest absolute Gasteiger partial charge is 0.338 e. The molecule has 98 valence electrons. The predicted octanol–water partition coefficient (Wildman–Crippen LogP) is 3.54. The summed E-state index contributed by atoms with van der Waals surface area (Å²) in [5.74, 6) is -1.00. The van der Waals surface area contributed by atoms with E-state index in [0.29, 0.717) is 16.3 Å². The lowest BCUT2D eigenvalue weighted by Crippen LogP contribution is -2.06. The summed E-state index contributed by atoms with van der Waals surface area (Å²) in [6.45, 7) is 1.70. The summed E-state index contributed by atoms with van der Waals surface area (Å²) in [7, 11) is 0. The van der Waals surface area contributed by atoms with Crippen molar-refractivity contribution in [2.75, 3.05) is 0 Å². The average molecular weight is 280 g/mol. The number of benzene rings is 1. The molecule has 2 aromatic rings. The summed E-state index contributed by atoms with van der Waals surface area (Å²) < 4.78 is 18.4. The fourth-order valence-electron chi connectivity index (χ4n) is 1.44. The number of halogens is 2. The maximum Gasteiger partial charge on any atom is 0.338 e. The minimum Gasteiger partial charge on any atom is -0.457 e. The van der Waals surface area contributed by atoms with Crippen LogP contribution in [0.4, 0.5) is 4.39 Å². The number of ether oxygens (including phenoxy) is 1. The Labute approximate surface area is 115 Å². The third-order valence-corrected chi connectivity index (χ3v) is 2.79. The largest absolute Gasteiger partial charge is 0.457 e. The number of esters is 1. The topological polar surface area (TPSA) is 39.2 Å². The van der Waals surface area contributed by atoms with E-state index in [9.17, 15) is 9.18 Å². The molecule has 1 aromatic heterocycles. The Bertz CT molecular complexity index is 599. The van der Waals surface area contributed by atoms with Gasteiger partial charge in [0.2, 0.25) is 0 Å². The molecular weight excluding hydrogens is 269 g/mol. The number of rotatable bonds is 3. The molecule has 0 aliphatic heterocycles. The van der Waals surface area contributed by atoms with Gasteiger partial charge in [0.15, 0.2) is 0 Å². The van der Waals surface area contributed by atoms with E-state index in [0.717, 1.165) is 6.07 Å². The van der Waals surface area contributed by atoms with Crippen molar-refractivity contribution in [3.8, 4) is 0 Å². The third-order valence-electron chi connectivity index (χ3n) is 2.57. The Morgan fingerprint density at radius 1 is 1.37 bits per heavy atom. The third kappa shape index (κ3) is 3.51. The number of aryl methyl sites for hydroxylation is 1. The zero-order valence-corrected chi connectivity index (χ0v) is 10.9. The van der Waals surface area contributed by atoms with E-state index in [1.54, 1.807) is 19.1 Å². The van der Waals surface area contributed by atoms with Crippen LogP contribution < -0.4 is 0 Å². The molecule has 0 saturated carbocycles. The molecule has 0 unspecified atom stereocenters. The molecule has 0 bridgehead atoms. The van der Waals surface area contributed by atoms with Gasteiger partial charge in [0.25, 0.3) is 0 Å². The van der Waals surface area contributed by atoms with Crippen LogP contribution in [0.25, 0.3) is 0 Å². The molecular formula is C14H11ClFNO2. The van der Waals surface area contributed by atoms with Gasteiger partial charge in [0.05, 0.1) is 5.56 Å². The molecule has 2 rings (SSSR count). The molecule has 0 radical (unpaired) electrons. The van der Waals surface area contributed by atoms with E-state index in [4.69, 9.17) is 16.3 Å². The minimum absolute atomic E-state index is 0.0680. The number of hydrogen-bond donors (Lipinski definition) is 0. The number of pyridine rings is 1. The second kappa shape index (κ2) is 5.80. The Hall–Kier alpha value is -1.94. The zero-order chi connectivity index (χ0) is 13.8. The number of aromatic nitrogens is 1. The van der Waals surface area contributed by atoms with Crippen LogP contribution in [-0.4, -0.2) is 11.0 Å². The van der Waals surface area contributed by atoms with Crippen LogP contribution in [0.15, 0.2) is 36.5 Å². The highest BCUT2D eigenvalue weighted by Crippen LogP contribution is 2.12. The van der Waals surface area contributed by atoms with Gasteiger partial charge in [-0.15, -0.1) is 0 Å². The van der Waals surface area contributed by atoms with Crippen molar-refractivity contribution in [2.45, 2.75) is 13.5 Å². The minimum atomic E-state index is -0.575. The van der Waals surface area contributed by atoms with Gasteiger partial charge in [-0.3, -0.25) is 0 Å². The van der Waals surface area contributed by atoms with Gasteiger partial charge < -0.3 is 4.74 Å². The maximum absolute atomic E-state index is 13.3. The lowest BCUT2D eigenvalue weighted by molar-refractivity contribution is 0.0472. The molecule has 5 heteroatoms. The van der Waals surface area contributed by atoms with Crippen molar-refractivity contribution in [3.63, 3.8) is 0 Å². The van der Waals surface area contributed by atoms with E-state index in [-0.39, 0.29) is 12.2 Å². The summed E-state index contributed by atoms with van der Waals surface area (Å²) in [6.07, 6.45) is 1.52. The summed E-state index contributed by atoms with van der Waals surface area (Å²) in [4.78, 5) is 15.6. The van der Waals surface area contributed by atoms with Gasteiger partial charge in [-0.25, -0.2) is 14.2 Å². The van der Waals surface area contributed by atoms with Crippen molar-refractivity contribution < 1.29 is 13.9 Å². The number of nitrogens with zero attached hydrogens (tertiary/aromatic N) is 1. The SMILES string of the molecule is Cc1ccc(C(=O)OCc2ccc(Cl)nc2)cc1F. The van der Waals surface area contributed by atoms with Crippen LogP contribution in [0.3, 0.4) is 0 Å².